The first-order valence-corrected chi connectivity index (χ1v) is 10.4. The van der Waals surface area contributed by atoms with Gasteiger partial charge in [-0.2, -0.15) is 13.2 Å². The van der Waals surface area contributed by atoms with Gasteiger partial charge in [-0.3, -0.25) is 9.89 Å². The highest BCUT2D eigenvalue weighted by Gasteiger charge is 2.34. The van der Waals surface area contributed by atoms with E-state index in [0.29, 0.717) is 51.8 Å². The number of hydrogen-bond donors (Lipinski definition) is 2. The van der Waals surface area contributed by atoms with Crippen molar-refractivity contribution in [1.29, 1.82) is 0 Å². The van der Waals surface area contributed by atoms with Gasteiger partial charge < -0.3 is 15.4 Å². The van der Waals surface area contributed by atoms with Gasteiger partial charge in [0.2, 0.25) is 0 Å². The number of alkyl halides is 3. The van der Waals surface area contributed by atoms with Crippen LogP contribution in [0.25, 0.3) is 0 Å². The van der Waals surface area contributed by atoms with E-state index in [1.165, 1.54) is 10.5 Å². The second-order valence-corrected chi connectivity index (χ2v) is 7.30. The third-order valence-electron chi connectivity index (χ3n) is 4.70. The maximum atomic E-state index is 12.5. The number of guanidine groups is 1. The Labute approximate surface area is 171 Å². The second-order valence-electron chi connectivity index (χ2n) is 7.30. The fourth-order valence-corrected chi connectivity index (χ4v) is 3.30. The van der Waals surface area contributed by atoms with Gasteiger partial charge in [0.15, 0.2) is 5.96 Å². The summed E-state index contributed by atoms with van der Waals surface area (Å²) in [5.74, 6) is 0.677. The first kappa shape index (κ1) is 23.5. The zero-order valence-electron chi connectivity index (χ0n) is 17.2. The number of halogens is 3. The number of aliphatic imine (C=N–C) groups is 1. The maximum Gasteiger partial charge on any atom is 0.401 e. The number of nitrogens with zero attached hydrogens (tertiary/aromatic N) is 2. The highest BCUT2D eigenvalue weighted by atomic mass is 19.4. The van der Waals surface area contributed by atoms with Crippen molar-refractivity contribution in [2.24, 2.45) is 4.99 Å². The molecule has 0 aromatic heterocycles. The monoisotopic (exact) mass is 414 g/mol. The number of hydrogen-bond acceptors (Lipinski definition) is 3. The number of unbranched alkanes of at least 4 members (excludes halogenated alkanes) is 1. The standard InChI is InChI=1S/C21H33F3N4O/c1-2-25-20(27-19-10-13-28(16-19)17-21(22,23)24)26-12-6-7-14-29-15-11-18-8-4-3-5-9-18/h3-5,8-9,19H,2,6-7,10-17H2,1H3,(H2,25,26,27). The van der Waals surface area contributed by atoms with E-state index in [-0.39, 0.29) is 6.04 Å². The number of ether oxygens (including phenoxy) is 1. The van der Waals surface area contributed by atoms with E-state index in [4.69, 9.17) is 4.74 Å². The Bertz CT molecular complexity index is 595. The fraction of sp³-hybridized carbons (Fsp3) is 0.667. The van der Waals surface area contributed by atoms with Crippen molar-refractivity contribution >= 4 is 5.96 Å². The van der Waals surface area contributed by atoms with E-state index in [1.807, 2.05) is 25.1 Å². The van der Waals surface area contributed by atoms with E-state index in [0.717, 1.165) is 19.3 Å². The first-order valence-electron chi connectivity index (χ1n) is 10.4. The third kappa shape index (κ3) is 10.5. The molecular formula is C21H33F3N4O. The fourth-order valence-electron chi connectivity index (χ4n) is 3.30. The van der Waals surface area contributed by atoms with Gasteiger partial charge >= 0.3 is 6.18 Å². The molecule has 0 amide bonds. The Kier molecular flexibility index (Phi) is 10.3. The molecule has 164 valence electrons. The van der Waals surface area contributed by atoms with E-state index in [1.54, 1.807) is 0 Å². The van der Waals surface area contributed by atoms with Crippen molar-refractivity contribution in [2.75, 3.05) is 45.9 Å². The maximum absolute atomic E-state index is 12.5. The predicted molar refractivity (Wildman–Crippen MR) is 110 cm³/mol. The molecule has 2 N–H and O–H groups in total. The van der Waals surface area contributed by atoms with Crippen LogP contribution in [0, 0.1) is 0 Å². The van der Waals surface area contributed by atoms with Gasteiger partial charge in [-0.15, -0.1) is 0 Å². The van der Waals surface area contributed by atoms with E-state index >= 15 is 0 Å². The molecule has 5 nitrogen and oxygen atoms in total. The summed E-state index contributed by atoms with van der Waals surface area (Å²) in [6.07, 6.45) is -0.695. The summed E-state index contributed by atoms with van der Waals surface area (Å²) < 4.78 is 43.2. The predicted octanol–water partition coefficient (Wildman–Crippen LogP) is 3.22. The number of nitrogens with one attached hydrogen (secondary N) is 2. The van der Waals surface area contributed by atoms with Crippen LogP contribution in [0.3, 0.4) is 0 Å². The quantitative estimate of drug-likeness (QED) is 0.332. The lowest BCUT2D eigenvalue weighted by molar-refractivity contribution is -0.143. The topological polar surface area (TPSA) is 48.9 Å². The van der Waals surface area contributed by atoms with Crippen molar-refractivity contribution in [3.05, 3.63) is 35.9 Å². The summed E-state index contributed by atoms with van der Waals surface area (Å²) in [6, 6.07) is 10.3. The summed E-state index contributed by atoms with van der Waals surface area (Å²) in [7, 11) is 0. The lowest BCUT2D eigenvalue weighted by Gasteiger charge is -2.19. The summed E-state index contributed by atoms with van der Waals surface area (Å²) in [4.78, 5) is 5.98. The molecule has 8 heteroatoms. The minimum atomic E-state index is -4.14. The Balaban J connectivity index is 1.58. The van der Waals surface area contributed by atoms with Gasteiger partial charge in [-0.1, -0.05) is 30.3 Å². The van der Waals surface area contributed by atoms with E-state index in [2.05, 4.69) is 27.8 Å². The van der Waals surface area contributed by atoms with E-state index in [9.17, 15) is 13.2 Å². The molecule has 1 aliphatic heterocycles. The molecule has 0 radical (unpaired) electrons. The largest absolute Gasteiger partial charge is 0.401 e. The Morgan fingerprint density at radius 3 is 2.72 bits per heavy atom. The summed E-state index contributed by atoms with van der Waals surface area (Å²) in [6.45, 7) is 4.78. The van der Waals surface area contributed by atoms with Crippen LogP contribution in [-0.4, -0.2) is 69.0 Å². The van der Waals surface area contributed by atoms with Crippen molar-refractivity contribution in [1.82, 2.24) is 15.5 Å². The summed E-state index contributed by atoms with van der Waals surface area (Å²) >= 11 is 0. The van der Waals surface area contributed by atoms with Crippen molar-refractivity contribution < 1.29 is 17.9 Å². The SMILES string of the molecule is CCNC(=NCCCCOCCc1ccccc1)NC1CCN(CC(F)(F)F)C1. The molecule has 1 aliphatic rings. The van der Waals surface area contributed by atoms with Gasteiger partial charge in [0, 0.05) is 38.8 Å². The van der Waals surface area contributed by atoms with Crippen LogP contribution in [0.15, 0.2) is 35.3 Å². The van der Waals surface area contributed by atoms with Crippen LogP contribution in [0.2, 0.25) is 0 Å². The van der Waals surface area contributed by atoms with Gasteiger partial charge in [0.25, 0.3) is 0 Å². The molecule has 0 saturated carbocycles. The molecule has 1 unspecified atom stereocenters. The Morgan fingerprint density at radius 2 is 2.00 bits per heavy atom. The normalized spacial score (nSPS) is 18.2. The second kappa shape index (κ2) is 12.7. The minimum Gasteiger partial charge on any atom is -0.381 e. The third-order valence-corrected chi connectivity index (χ3v) is 4.70. The molecule has 0 bridgehead atoms. The molecule has 29 heavy (non-hydrogen) atoms. The van der Waals surface area contributed by atoms with Crippen LogP contribution in [0.4, 0.5) is 13.2 Å². The average molecular weight is 415 g/mol. The van der Waals surface area contributed by atoms with Crippen LogP contribution >= 0.6 is 0 Å². The Hall–Kier alpha value is -1.80. The lowest BCUT2D eigenvalue weighted by atomic mass is 10.2. The minimum absolute atomic E-state index is 0.00327. The average Bonchev–Trinajstić information content (AvgIpc) is 3.09. The number of rotatable bonds is 11. The molecule has 1 aromatic carbocycles. The highest BCUT2D eigenvalue weighted by Crippen LogP contribution is 2.19. The zero-order chi connectivity index (χ0) is 21.0. The molecule has 1 aromatic rings. The highest BCUT2D eigenvalue weighted by molar-refractivity contribution is 5.80. The molecule has 2 rings (SSSR count). The summed E-state index contributed by atoms with van der Waals surface area (Å²) in [5.41, 5.74) is 1.28. The van der Waals surface area contributed by atoms with Gasteiger partial charge in [-0.05, 0) is 38.2 Å². The van der Waals surface area contributed by atoms with Crippen molar-refractivity contribution in [3.8, 4) is 0 Å². The van der Waals surface area contributed by atoms with Crippen LogP contribution in [0.5, 0.6) is 0 Å². The van der Waals surface area contributed by atoms with Crippen molar-refractivity contribution in [2.45, 2.75) is 44.8 Å². The summed E-state index contributed by atoms with van der Waals surface area (Å²) in [5, 5.41) is 6.43. The molecule has 0 spiro atoms. The van der Waals surface area contributed by atoms with Gasteiger partial charge in [0.1, 0.15) is 0 Å². The molecular weight excluding hydrogens is 381 g/mol. The van der Waals surface area contributed by atoms with Crippen LogP contribution < -0.4 is 10.6 Å². The van der Waals surface area contributed by atoms with Crippen LogP contribution in [0.1, 0.15) is 31.7 Å². The smallest absolute Gasteiger partial charge is 0.381 e. The van der Waals surface area contributed by atoms with E-state index < -0.39 is 12.7 Å². The zero-order valence-corrected chi connectivity index (χ0v) is 17.2. The Morgan fingerprint density at radius 1 is 1.21 bits per heavy atom. The van der Waals surface area contributed by atoms with Gasteiger partial charge in [-0.25, -0.2) is 0 Å². The number of benzene rings is 1. The molecule has 0 aliphatic carbocycles. The molecule has 1 atom stereocenters. The lowest BCUT2D eigenvalue weighted by Crippen LogP contribution is -2.45. The first-order chi connectivity index (χ1) is 14.0. The molecule has 1 fully saturated rings. The number of likely N-dealkylation sites (tertiary alicyclic amines) is 1. The molecule has 1 heterocycles. The molecule has 1 saturated heterocycles. The van der Waals surface area contributed by atoms with Crippen LogP contribution in [-0.2, 0) is 11.2 Å². The van der Waals surface area contributed by atoms with Crippen molar-refractivity contribution in [3.63, 3.8) is 0 Å². The van der Waals surface area contributed by atoms with Gasteiger partial charge in [0.05, 0.1) is 13.2 Å².